The predicted octanol–water partition coefficient (Wildman–Crippen LogP) is 9.64. The Morgan fingerprint density at radius 1 is 0.343 bits per heavy atom. The molecule has 0 heterocycles. The van der Waals surface area contributed by atoms with Crippen molar-refractivity contribution in [2.24, 2.45) is 0 Å². The van der Waals surface area contributed by atoms with Gasteiger partial charge in [0.15, 0.2) is 0 Å². The second-order valence-electron chi connectivity index (χ2n) is 8.67. The number of para-hydroxylation sites is 2. The van der Waals surface area contributed by atoms with Crippen molar-refractivity contribution < 1.29 is 0 Å². The highest BCUT2D eigenvalue weighted by molar-refractivity contribution is 5.91. The van der Waals surface area contributed by atoms with Crippen LogP contribution in [-0.4, -0.2) is 0 Å². The standard InChI is InChI=1S/C34H25N/c1-3-13-27(14-4-1)33-20-9-10-21-34(33)35(31-17-5-2-6-18-31)32-19-11-16-29(25-32)30-23-22-26-12-7-8-15-28(26)24-30/h1-25H. The van der Waals surface area contributed by atoms with Gasteiger partial charge in [0.1, 0.15) is 0 Å². The molecule has 1 heteroatoms. The van der Waals surface area contributed by atoms with Crippen LogP contribution in [0.3, 0.4) is 0 Å². The number of anilines is 3. The van der Waals surface area contributed by atoms with Crippen molar-refractivity contribution in [3.63, 3.8) is 0 Å². The molecule has 0 bridgehead atoms. The quantitative estimate of drug-likeness (QED) is 0.254. The molecule has 0 saturated heterocycles. The van der Waals surface area contributed by atoms with Crippen molar-refractivity contribution in [3.05, 3.63) is 152 Å². The van der Waals surface area contributed by atoms with Crippen molar-refractivity contribution >= 4 is 27.8 Å². The highest BCUT2D eigenvalue weighted by Gasteiger charge is 2.17. The minimum absolute atomic E-state index is 1.13. The Morgan fingerprint density at radius 2 is 0.943 bits per heavy atom. The predicted molar refractivity (Wildman–Crippen MR) is 150 cm³/mol. The second kappa shape index (κ2) is 9.32. The smallest absolute Gasteiger partial charge is 0.0540 e. The van der Waals surface area contributed by atoms with E-state index in [-0.39, 0.29) is 0 Å². The molecule has 0 amide bonds. The molecule has 0 unspecified atom stereocenters. The second-order valence-corrected chi connectivity index (χ2v) is 8.67. The number of hydrogen-bond acceptors (Lipinski definition) is 1. The lowest BCUT2D eigenvalue weighted by Gasteiger charge is -2.28. The van der Waals surface area contributed by atoms with Crippen LogP contribution in [-0.2, 0) is 0 Å². The number of rotatable bonds is 5. The van der Waals surface area contributed by atoms with Crippen LogP contribution in [0.2, 0.25) is 0 Å². The van der Waals surface area contributed by atoms with Crippen molar-refractivity contribution in [3.8, 4) is 22.3 Å². The van der Waals surface area contributed by atoms with Crippen molar-refractivity contribution in [2.45, 2.75) is 0 Å². The van der Waals surface area contributed by atoms with Gasteiger partial charge in [0, 0.05) is 16.9 Å². The Hall–Kier alpha value is -4.62. The lowest BCUT2D eigenvalue weighted by molar-refractivity contribution is 1.28. The zero-order valence-electron chi connectivity index (χ0n) is 19.4. The van der Waals surface area contributed by atoms with Crippen LogP contribution in [0.1, 0.15) is 0 Å². The molecule has 0 spiro atoms. The van der Waals surface area contributed by atoms with Gasteiger partial charge < -0.3 is 4.90 Å². The van der Waals surface area contributed by atoms with Gasteiger partial charge in [-0.25, -0.2) is 0 Å². The van der Waals surface area contributed by atoms with Crippen LogP contribution in [0.25, 0.3) is 33.0 Å². The van der Waals surface area contributed by atoms with Gasteiger partial charge in [0.2, 0.25) is 0 Å². The highest BCUT2D eigenvalue weighted by Crippen LogP contribution is 2.41. The summed E-state index contributed by atoms with van der Waals surface area (Å²) in [4.78, 5) is 2.35. The van der Waals surface area contributed by atoms with Crippen molar-refractivity contribution in [1.82, 2.24) is 0 Å². The number of nitrogens with zero attached hydrogens (tertiary/aromatic N) is 1. The van der Waals surface area contributed by atoms with Crippen LogP contribution in [0, 0.1) is 0 Å². The zero-order valence-corrected chi connectivity index (χ0v) is 19.4. The Labute approximate surface area is 206 Å². The summed E-state index contributed by atoms with van der Waals surface area (Å²) >= 11 is 0. The molecule has 1 nitrogen and oxygen atoms in total. The summed E-state index contributed by atoms with van der Waals surface area (Å²) in [5.74, 6) is 0. The van der Waals surface area contributed by atoms with E-state index < -0.39 is 0 Å². The fraction of sp³-hybridized carbons (Fsp3) is 0. The molecule has 6 rings (SSSR count). The molecule has 0 fully saturated rings. The van der Waals surface area contributed by atoms with E-state index >= 15 is 0 Å². The minimum Gasteiger partial charge on any atom is -0.310 e. The average molecular weight is 448 g/mol. The summed E-state index contributed by atoms with van der Waals surface area (Å²) in [6, 6.07) is 53.9. The Bertz CT molecular complexity index is 1590. The first-order valence-corrected chi connectivity index (χ1v) is 12.0. The Morgan fingerprint density at radius 3 is 1.77 bits per heavy atom. The van der Waals surface area contributed by atoms with E-state index in [1.165, 1.54) is 33.0 Å². The van der Waals surface area contributed by atoms with Crippen LogP contribution in [0.15, 0.2) is 152 Å². The molecule has 0 N–H and O–H groups in total. The Balaban J connectivity index is 1.52. The molecule has 0 aromatic heterocycles. The van der Waals surface area contributed by atoms with E-state index in [4.69, 9.17) is 0 Å². The lowest BCUT2D eigenvalue weighted by Crippen LogP contribution is -2.11. The third-order valence-corrected chi connectivity index (χ3v) is 6.43. The summed E-state index contributed by atoms with van der Waals surface area (Å²) in [6.07, 6.45) is 0. The van der Waals surface area contributed by atoms with Crippen LogP contribution < -0.4 is 4.90 Å². The third-order valence-electron chi connectivity index (χ3n) is 6.43. The van der Waals surface area contributed by atoms with E-state index in [0.29, 0.717) is 0 Å². The molecule has 6 aromatic carbocycles. The van der Waals surface area contributed by atoms with E-state index in [0.717, 1.165) is 17.1 Å². The molecule has 0 aliphatic rings. The molecular formula is C34H25N. The molecular weight excluding hydrogens is 422 g/mol. The van der Waals surface area contributed by atoms with Gasteiger partial charge in [-0.3, -0.25) is 0 Å². The largest absolute Gasteiger partial charge is 0.310 e. The minimum atomic E-state index is 1.13. The summed E-state index contributed by atoms with van der Waals surface area (Å²) in [7, 11) is 0. The monoisotopic (exact) mass is 447 g/mol. The van der Waals surface area contributed by atoms with E-state index in [1.54, 1.807) is 0 Å². The molecule has 0 radical (unpaired) electrons. The summed E-state index contributed by atoms with van der Waals surface area (Å²) < 4.78 is 0. The molecule has 35 heavy (non-hydrogen) atoms. The number of benzene rings is 6. The van der Waals surface area contributed by atoms with Gasteiger partial charge in [-0.05, 0) is 63.9 Å². The fourth-order valence-electron chi connectivity index (χ4n) is 4.73. The van der Waals surface area contributed by atoms with E-state index in [2.05, 4.69) is 157 Å². The maximum atomic E-state index is 2.35. The molecule has 0 aliphatic heterocycles. The van der Waals surface area contributed by atoms with Crippen molar-refractivity contribution in [2.75, 3.05) is 4.90 Å². The van der Waals surface area contributed by atoms with Gasteiger partial charge in [-0.2, -0.15) is 0 Å². The van der Waals surface area contributed by atoms with Gasteiger partial charge in [0.25, 0.3) is 0 Å². The SMILES string of the molecule is c1ccc(-c2ccccc2N(c2ccccc2)c2cccc(-c3ccc4ccccc4c3)c2)cc1. The average Bonchev–Trinajstić information content (AvgIpc) is 2.94. The van der Waals surface area contributed by atoms with Gasteiger partial charge in [-0.1, -0.05) is 115 Å². The van der Waals surface area contributed by atoms with Crippen LogP contribution in [0.4, 0.5) is 17.1 Å². The maximum Gasteiger partial charge on any atom is 0.0540 e. The molecule has 0 saturated carbocycles. The maximum absolute atomic E-state index is 2.35. The Kier molecular flexibility index (Phi) is 5.58. The van der Waals surface area contributed by atoms with Crippen LogP contribution >= 0.6 is 0 Å². The first-order chi connectivity index (χ1) is 17.4. The van der Waals surface area contributed by atoms with Gasteiger partial charge >= 0.3 is 0 Å². The van der Waals surface area contributed by atoms with E-state index in [9.17, 15) is 0 Å². The highest BCUT2D eigenvalue weighted by atomic mass is 15.1. The molecule has 0 atom stereocenters. The fourth-order valence-corrected chi connectivity index (χ4v) is 4.73. The lowest BCUT2D eigenvalue weighted by atomic mass is 9.99. The number of fused-ring (bicyclic) bond motifs is 1. The third kappa shape index (κ3) is 4.20. The van der Waals surface area contributed by atoms with Gasteiger partial charge in [0.05, 0.1) is 5.69 Å². The zero-order chi connectivity index (χ0) is 23.5. The first kappa shape index (κ1) is 20.9. The molecule has 166 valence electrons. The number of hydrogen-bond donors (Lipinski definition) is 0. The first-order valence-electron chi connectivity index (χ1n) is 12.0. The summed E-state index contributed by atoms with van der Waals surface area (Å²) in [6.45, 7) is 0. The topological polar surface area (TPSA) is 3.24 Å². The van der Waals surface area contributed by atoms with E-state index in [1.807, 2.05) is 0 Å². The van der Waals surface area contributed by atoms with Gasteiger partial charge in [-0.15, -0.1) is 0 Å². The normalized spacial score (nSPS) is 10.9. The van der Waals surface area contributed by atoms with Crippen LogP contribution in [0.5, 0.6) is 0 Å². The molecule has 0 aliphatic carbocycles. The molecule has 6 aromatic rings. The summed E-state index contributed by atoms with van der Waals surface area (Å²) in [5.41, 5.74) is 8.24. The van der Waals surface area contributed by atoms with Crippen molar-refractivity contribution in [1.29, 1.82) is 0 Å². The summed E-state index contributed by atoms with van der Waals surface area (Å²) in [5, 5.41) is 2.51.